The van der Waals surface area contributed by atoms with Gasteiger partial charge in [0.2, 0.25) is 5.91 Å². The number of benzene rings is 1. The number of nitrogens with one attached hydrogen (secondary N) is 2. The molecular formula is C14H19F3N2O. The Morgan fingerprint density at radius 1 is 1.25 bits per heavy atom. The van der Waals surface area contributed by atoms with Crippen LogP contribution in [0.3, 0.4) is 0 Å². The zero-order chi connectivity index (χ0) is 15.2. The lowest BCUT2D eigenvalue weighted by molar-refractivity contribution is -0.160. The highest BCUT2D eigenvalue weighted by atomic mass is 19.4. The molecule has 1 rings (SSSR count). The molecule has 3 nitrogen and oxygen atoms in total. The molecule has 112 valence electrons. The summed E-state index contributed by atoms with van der Waals surface area (Å²) < 4.78 is 39.3. The number of carbonyl (C=O) groups is 1. The molecule has 0 aliphatic rings. The van der Waals surface area contributed by atoms with E-state index in [1.165, 1.54) is 31.2 Å². The number of alkyl halides is 3. The molecule has 0 saturated heterocycles. The average molecular weight is 288 g/mol. The number of carbonyl (C=O) groups excluding carboxylic acids is 1. The minimum Gasteiger partial charge on any atom is -0.355 e. The van der Waals surface area contributed by atoms with Crippen LogP contribution in [0, 0.1) is 0 Å². The first kappa shape index (κ1) is 16.5. The largest absolute Gasteiger partial charge is 0.407 e. The molecule has 0 aromatic heterocycles. The van der Waals surface area contributed by atoms with Gasteiger partial charge in [-0.3, -0.25) is 10.1 Å². The SMILES string of the molecule is CCCNC(=O)C(C)NC(c1ccccc1)C(F)(F)F. The maximum absolute atomic E-state index is 13.1. The van der Waals surface area contributed by atoms with Gasteiger partial charge in [0.1, 0.15) is 6.04 Å². The van der Waals surface area contributed by atoms with Crippen LogP contribution in [0.2, 0.25) is 0 Å². The lowest BCUT2D eigenvalue weighted by atomic mass is 10.1. The van der Waals surface area contributed by atoms with Crippen molar-refractivity contribution in [2.24, 2.45) is 0 Å². The van der Waals surface area contributed by atoms with Gasteiger partial charge in [0.25, 0.3) is 0 Å². The van der Waals surface area contributed by atoms with E-state index in [4.69, 9.17) is 0 Å². The summed E-state index contributed by atoms with van der Waals surface area (Å²) in [6.45, 7) is 3.75. The molecule has 0 radical (unpaired) electrons. The summed E-state index contributed by atoms with van der Waals surface area (Å²) in [5.41, 5.74) is 0.0927. The van der Waals surface area contributed by atoms with Crippen molar-refractivity contribution in [3.63, 3.8) is 0 Å². The predicted molar refractivity (Wildman–Crippen MR) is 71.1 cm³/mol. The van der Waals surface area contributed by atoms with Gasteiger partial charge >= 0.3 is 6.18 Å². The fourth-order valence-corrected chi connectivity index (χ4v) is 1.75. The topological polar surface area (TPSA) is 41.1 Å². The number of rotatable bonds is 6. The van der Waals surface area contributed by atoms with Crippen LogP contribution in [0.4, 0.5) is 13.2 Å². The van der Waals surface area contributed by atoms with Crippen LogP contribution >= 0.6 is 0 Å². The minimum absolute atomic E-state index is 0.0927. The van der Waals surface area contributed by atoms with E-state index >= 15 is 0 Å². The molecule has 1 aromatic rings. The van der Waals surface area contributed by atoms with Gasteiger partial charge in [-0.05, 0) is 18.9 Å². The first-order valence-corrected chi connectivity index (χ1v) is 6.51. The van der Waals surface area contributed by atoms with Gasteiger partial charge in [0.05, 0.1) is 6.04 Å². The van der Waals surface area contributed by atoms with Crippen molar-refractivity contribution in [1.29, 1.82) is 0 Å². The molecule has 0 spiro atoms. The quantitative estimate of drug-likeness (QED) is 0.845. The molecule has 2 N–H and O–H groups in total. The fourth-order valence-electron chi connectivity index (χ4n) is 1.75. The maximum Gasteiger partial charge on any atom is 0.407 e. The van der Waals surface area contributed by atoms with Crippen molar-refractivity contribution in [3.8, 4) is 0 Å². The van der Waals surface area contributed by atoms with Crippen LogP contribution in [0.15, 0.2) is 30.3 Å². The molecule has 0 aliphatic heterocycles. The van der Waals surface area contributed by atoms with E-state index in [0.717, 1.165) is 6.42 Å². The Hall–Kier alpha value is -1.56. The smallest absolute Gasteiger partial charge is 0.355 e. The van der Waals surface area contributed by atoms with Crippen molar-refractivity contribution in [1.82, 2.24) is 10.6 Å². The molecule has 0 saturated carbocycles. The molecule has 1 aromatic carbocycles. The van der Waals surface area contributed by atoms with Gasteiger partial charge in [-0.25, -0.2) is 0 Å². The van der Waals surface area contributed by atoms with Crippen LogP contribution in [-0.2, 0) is 4.79 Å². The zero-order valence-corrected chi connectivity index (χ0v) is 11.5. The summed E-state index contributed by atoms with van der Waals surface area (Å²) >= 11 is 0. The number of halogens is 3. The Bertz CT molecular complexity index is 420. The standard InChI is InChI=1S/C14H19F3N2O/c1-3-9-18-13(20)10(2)19-12(14(15,16)17)11-7-5-4-6-8-11/h4-8,10,12,19H,3,9H2,1-2H3,(H,18,20). The number of hydrogen-bond donors (Lipinski definition) is 2. The van der Waals surface area contributed by atoms with Crippen LogP contribution in [0.5, 0.6) is 0 Å². The van der Waals surface area contributed by atoms with Gasteiger partial charge in [-0.1, -0.05) is 37.3 Å². The minimum atomic E-state index is -4.46. The van der Waals surface area contributed by atoms with Crippen LogP contribution in [-0.4, -0.2) is 24.7 Å². The van der Waals surface area contributed by atoms with Gasteiger partial charge in [-0.15, -0.1) is 0 Å². The van der Waals surface area contributed by atoms with Crippen molar-refractivity contribution >= 4 is 5.91 Å². The summed E-state index contributed by atoms with van der Waals surface area (Å²) in [7, 11) is 0. The molecule has 20 heavy (non-hydrogen) atoms. The van der Waals surface area contributed by atoms with E-state index < -0.39 is 24.2 Å². The molecule has 1 amide bonds. The number of hydrogen-bond acceptors (Lipinski definition) is 2. The first-order valence-electron chi connectivity index (χ1n) is 6.51. The van der Waals surface area contributed by atoms with E-state index in [-0.39, 0.29) is 5.56 Å². The summed E-state index contributed by atoms with van der Waals surface area (Å²) in [5, 5.41) is 4.92. The Balaban J connectivity index is 2.79. The maximum atomic E-state index is 13.1. The van der Waals surface area contributed by atoms with E-state index in [0.29, 0.717) is 6.54 Å². The molecule has 0 heterocycles. The first-order chi connectivity index (χ1) is 9.36. The van der Waals surface area contributed by atoms with Gasteiger partial charge in [0.15, 0.2) is 0 Å². The second-order valence-electron chi connectivity index (χ2n) is 4.56. The van der Waals surface area contributed by atoms with E-state index in [9.17, 15) is 18.0 Å². The molecule has 0 fully saturated rings. The number of amides is 1. The molecule has 0 aliphatic carbocycles. The van der Waals surface area contributed by atoms with Crippen molar-refractivity contribution in [2.75, 3.05) is 6.54 Å². The Morgan fingerprint density at radius 3 is 2.35 bits per heavy atom. The van der Waals surface area contributed by atoms with Gasteiger partial charge in [0, 0.05) is 6.54 Å². The van der Waals surface area contributed by atoms with Crippen LogP contribution in [0.25, 0.3) is 0 Å². The molecule has 0 bridgehead atoms. The van der Waals surface area contributed by atoms with E-state index in [2.05, 4.69) is 10.6 Å². The third-order valence-electron chi connectivity index (χ3n) is 2.82. The highest BCUT2D eigenvalue weighted by Crippen LogP contribution is 2.32. The summed E-state index contributed by atoms with van der Waals surface area (Å²) in [4.78, 5) is 11.7. The van der Waals surface area contributed by atoms with Gasteiger partial charge < -0.3 is 5.32 Å². The Labute approximate surface area is 116 Å². The van der Waals surface area contributed by atoms with Crippen molar-refractivity contribution < 1.29 is 18.0 Å². The average Bonchev–Trinajstić information content (AvgIpc) is 2.41. The third kappa shape index (κ3) is 4.85. The second-order valence-corrected chi connectivity index (χ2v) is 4.56. The monoisotopic (exact) mass is 288 g/mol. The van der Waals surface area contributed by atoms with Crippen LogP contribution < -0.4 is 10.6 Å². The molecule has 6 heteroatoms. The Kier molecular flexibility index (Phi) is 6.01. The van der Waals surface area contributed by atoms with E-state index in [1.54, 1.807) is 6.07 Å². The molecule has 2 unspecified atom stereocenters. The summed E-state index contributed by atoms with van der Waals surface area (Å²) in [6, 6.07) is 4.73. The van der Waals surface area contributed by atoms with Crippen molar-refractivity contribution in [2.45, 2.75) is 38.5 Å². The highest BCUT2D eigenvalue weighted by Gasteiger charge is 2.41. The molecular weight excluding hydrogens is 269 g/mol. The summed E-state index contributed by atoms with van der Waals surface area (Å²) in [5.74, 6) is -0.433. The second kappa shape index (κ2) is 7.28. The lowest BCUT2D eigenvalue weighted by Gasteiger charge is -2.25. The predicted octanol–water partition coefficient (Wildman–Crippen LogP) is 2.79. The third-order valence-corrected chi connectivity index (χ3v) is 2.82. The Morgan fingerprint density at radius 2 is 1.85 bits per heavy atom. The van der Waals surface area contributed by atoms with Crippen LogP contribution in [0.1, 0.15) is 31.9 Å². The van der Waals surface area contributed by atoms with Crippen molar-refractivity contribution in [3.05, 3.63) is 35.9 Å². The summed E-state index contributed by atoms with van der Waals surface area (Å²) in [6.07, 6.45) is -3.72. The zero-order valence-electron chi connectivity index (χ0n) is 11.5. The lowest BCUT2D eigenvalue weighted by Crippen LogP contribution is -2.47. The molecule has 2 atom stereocenters. The highest BCUT2D eigenvalue weighted by molar-refractivity contribution is 5.81. The normalized spacial score (nSPS) is 14.7. The van der Waals surface area contributed by atoms with Gasteiger partial charge in [-0.2, -0.15) is 13.2 Å². The van der Waals surface area contributed by atoms with E-state index in [1.807, 2.05) is 6.92 Å². The fraction of sp³-hybridized carbons (Fsp3) is 0.500.